The fourth-order valence-corrected chi connectivity index (χ4v) is 6.41. The number of aromatic nitrogens is 1. The highest BCUT2D eigenvalue weighted by molar-refractivity contribution is 9.09. The number of alkyl halides is 2. The average Bonchev–Trinajstić information content (AvgIpc) is 3.47. The van der Waals surface area contributed by atoms with Gasteiger partial charge in [-0.1, -0.05) is 48.8 Å². The van der Waals surface area contributed by atoms with E-state index in [4.69, 9.17) is 18.9 Å². The Labute approximate surface area is 299 Å². The number of nitrogens with zero attached hydrogens (tertiary/aromatic N) is 2. The summed E-state index contributed by atoms with van der Waals surface area (Å²) in [6.45, 7) is 10.3. The normalized spacial score (nSPS) is 19.0. The molecule has 3 atom stereocenters. The summed E-state index contributed by atoms with van der Waals surface area (Å²) in [5.41, 5.74) is 1.58. The van der Waals surface area contributed by atoms with E-state index in [2.05, 4.69) is 31.5 Å². The van der Waals surface area contributed by atoms with Gasteiger partial charge in [0.25, 0.3) is 5.91 Å². The Balaban J connectivity index is 1.38. The highest BCUT2D eigenvalue weighted by Crippen LogP contribution is 2.40. The molecule has 1 saturated heterocycles. The zero-order valence-electron chi connectivity index (χ0n) is 28.6. The van der Waals surface area contributed by atoms with E-state index in [1.165, 1.54) is 16.2 Å². The molecular formula is C34H48BrFN4O8S. The highest BCUT2D eigenvalue weighted by Gasteiger charge is 2.53. The molecule has 2 aromatic rings. The second kappa shape index (κ2) is 18.0. The number of carbonyl (C=O) groups excluding carboxylic acids is 3. The van der Waals surface area contributed by atoms with Crippen LogP contribution in [0, 0.1) is 12.3 Å². The van der Waals surface area contributed by atoms with Gasteiger partial charge < -0.3 is 39.6 Å². The van der Waals surface area contributed by atoms with Crippen LogP contribution in [0.1, 0.15) is 51.3 Å². The molecule has 3 amide bonds. The van der Waals surface area contributed by atoms with Crippen LogP contribution >= 0.6 is 27.3 Å². The van der Waals surface area contributed by atoms with Gasteiger partial charge in [-0.15, -0.1) is 11.3 Å². The Morgan fingerprint density at radius 3 is 2.35 bits per heavy atom. The fraction of sp³-hybridized carbons (Fsp3) is 0.647. The number of benzene rings is 1. The van der Waals surface area contributed by atoms with Crippen molar-refractivity contribution >= 4 is 45.0 Å². The Hall–Kier alpha value is -2.69. The lowest BCUT2D eigenvalue weighted by Crippen LogP contribution is -2.59. The largest absolute Gasteiger partial charge is 0.491 e. The number of hydrogen-bond acceptors (Lipinski definition) is 10. The van der Waals surface area contributed by atoms with Crippen molar-refractivity contribution in [3.63, 3.8) is 0 Å². The van der Waals surface area contributed by atoms with E-state index >= 15 is 0 Å². The Morgan fingerprint density at radius 1 is 1.10 bits per heavy atom. The lowest BCUT2D eigenvalue weighted by molar-refractivity contribution is -0.145. The van der Waals surface area contributed by atoms with Gasteiger partial charge in [0.1, 0.15) is 24.4 Å². The van der Waals surface area contributed by atoms with Crippen molar-refractivity contribution in [1.29, 1.82) is 0 Å². The lowest BCUT2D eigenvalue weighted by atomic mass is 9.85. The first-order chi connectivity index (χ1) is 23.3. The van der Waals surface area contributed by atoms with Crippen molar-refractivity contribution in [2.24, 2.45) is 5.41 Å². The van der Waals surface area contributed by atoms with Crippen molar-refractivity contribution in [1.82, 2.24) is 20.5 Å². The number of halogens is 2. The van der Waals surface area contributed by atoms with Gasteiger partial charge in [-0.25, -0.2) is 9.37 Å². The summed E-state index contributed by atoms with van der Waals surface area (Å²) in [6, 6.07) is 3.66. The van der Waals surface area contributed by atoms with E-state index < -0.39 is 47.0 Å². The number of ether oxygens (including phenoxy) is 4. The predicted octanol–water partition coefficient (Wildman–Crippen LogP) is 3.55. The lowest BCUT2D eigenvalue weighted by Gasteiger charge is -2.35. The van der Waals surface area contributed by atoms with Crippen LogP contribution in [0.5, 0.6) is 5.75 Å². The molecule has 0 radical (unpaired) electrons. The fourth-order valence-electron chi connectivity index (χ4n) is 5.38. The molecule has 1 aliphatic heterocycles. The SMILES string of the molecule is Cc1ncsc1-c1ccc(CNC(=O)[C@@H]2C[C@@H](O)CN2C(=O)[C@@H](NC(=O)C2(F)CC2)C(C)(C)C)c(OCCOCCOCCOCCBr)c1. The van der Waals surface area contributed by atoms with Crippen molar-refractivity contribution in [2.45, 2.75) is 77.4 Å². The molecule has 0 unspecified atom stereocenters. The van der Waals surface area contributed by atoms with Crippen molar-refractivity contribution in [2.75, 3.05) is 58.1 Å². The van der Waals surface area contributed by atoms with Crippen molar-refractivity contribution in [3.8, 4) is 16.2 Å². The molecule has 0 bridgehead atoms. The summed E-state index contributed by atoms with van der Waals surface area (Å²) < 4.78 is 37.1. The number of aryl methyl sites for hydroxylation is 1. The van der Waals surface area contributed by atoms with Gasteiger partial charge in [0.05, 0.1) is 61.8 Å². The third-order valence-electron chi connectivity index (χ3n) is 8.33. The number of aliphatic hydroxyl groups is 1. The van der Waals surface area contributed by atoms with Crippen LogP contribution in [0.15, 0.2) is 23.7 Å². The van der Waals surface area contributed by atoms with Crippen LogP contribution in [0.25, 0.3) is 10.4 Å². The zero-order valence-corrected chi connectivity index (χ0v) is 31.0. The van der Waals surface area contributed by atoms with E-state index in [0.29, 0.717) is 51.0 Å². The molecule has 12 nitrogen and oxygen atoms in total. The number of nitrogens with one attached hydrogen (secondary N) is 2. The van der Waals surface area contributed by atoms with E-state index in [9.17, 15) is 23.9 Å². The summed E-state index contributed by atoms with van der Waals surface area (Å²) >= 11 is 4.82. The second-order valence-electron chi connectivity index (χ2n) is 13.3. The molecular weight excluding hydrogens is 723 g/mol. The summed E-state index contributed by atoms with van der Waals surface area (Å²) in [4.78, 5) is 46.5. The van der Waals surface area contributed by atoms with Crippen LogP contribution in [0.4, 0.5) is 4.39 Å². The maximum absolute atomic E-state index is 14.5. The Kier molecular flexibility index (Phi) is 14.4. The summed E-state index contributed by atoms with van der Waals surface area (Å²) in [5, 5.41) is 16.8. The molecule has 1 aliphatic carbocycles. The number of rotatable bonds is 19. The number of amides is 3. The van der Waals surface area contributed by atoms with Gasteiger partial charge in [-0.2, -0.15) is 0 Å². The molecule has 2 heterocycles. The molecule has 4 rings (SSSR count). The smallest absolute Gasteiger partial charge is 0.258 e. The molecule has 2 fully saturated rings. The van der Waals surface area contributed by atoms with E-state index in [0.717, 1.165) is 21.5 Å². The number of β-amino-alcohol motifs (C(OH)–C–C–N with tert-alkyl or cyclic N) is 1. The average molecular weight is 772 g/mol. The maximum atomic E-state index is 14.5. The number of thiazole rings is 1. The van der Waals surface area contributed by atoms with E-state index in [1.54, 1.807) is 26.3 Å². The van der Waals surface area contributed by atoms with Gasteiger partial charge in [0, 0.05) is 30.4 Å². The van der Waals surface area contributed by atoms with Crippen LogP contribution < -0.4 is 15.4 Å². The molecule has 3 N–H and O–H groups in total. The molecule has 49 heavy (non-hydrogen) atoms. The Bertz CT molecular complexity index is 1420. The summed E-state index contributed by atoms with van der Waals surface area (Å²) in [5.74, 6) is -1.26. The number of carbonyl (C=O) groups is 3. The first-order valence-corrected chi connectivity index (χ1v) is 18.6. The van der Waals surface area contributed by atoms with Crippen molar-refractivity contribution < 1.29 is 42.8 Å². The third-order valence-corrected chi connectivity index (χ3v) is 9.63. The van der Waals surface area contributed by atoms with Crippen LogP contribution in [-0.4, -0.2) is 115 Å². The second-order valence-corrected chi connectivity index (χ2v) is 15.0. The van der Waals surface area contributed by atoms with Gasteiger partial charge in [0.2, 0.25) is 11.8 Å². The molecule has 15 heteroatoms. The predicted molar refractivity (Wildman–Crippen MR) is 186 cm³/mol. The van der Waals surface area contributed by atoms with Crippen LogP contribution in [0.3, 0.4) is 0 Å². The molecule has 1 aromatic heterocycles. The standard InChI is InChI=1S/C34H48BrFN4O8S/c1-22-28(49-21-38-22)23-5-6-24(27(17-23)48-16-15-47-14-13-46-12-11-45-10-9-35)19-37-30(42)26-18-25(41)20-40(26)31(43)29(33(2,3)4)39-32(44)34(36)7-8-34/h5-6,17,21,25-26,29,41H,7-16,18-20H2,1-4H3,(H,37,42)(H,39,44)/t25-,26+,29-/m1/s1. The minimum absolute atomic E-state index is 0.0350. The molecule has 0 spiro atoms. The first-order valence-electron chi connectivity index (χ1n) is 16.6. The van der Waals surface area contributed by atoms with Crippen LogP contribution in [0.2, 0.25) is 0 Å². The summed E-state index contributed by atoms with van der Waals surface area (Å²) in [6.07, 6.45) is -0.660. The maximum Gasteiger partial charge on any atom is 0.258 e. The highest BCUT2D eigenvalue weighted by atomic mass is 79.9. The monoisotopic (exact) mass is 770 g/mol. The molecule has 272 valence electrons. The first kappa shape index (κ1) is 39.1. The molecule has 1 saturated carbocycles. The van der Waals surface area contributed by atoms with Gasteiger partial charge in [0.15, 0.2) is 5.67 Å². The zero-order chi connectivity index (χ0) is 35.6. The third kappa shape index (κ3) is 11.1. The minimum atomic E-state index is -1.96. The van der Waals surface area contributed by atoms with E-state index in [-0.39, 0.29) is 39.0 Å². The van der Waals surface area contributed by atoms with Crippen molar-refractivity contribution in [3.05, 3.63) is 35.0 Å². The number of aliphatic hydroxyl groups excluding tert-OH is 1. The van der Waals surface area contributed by atoms with Gasteiger partial charge >= 0.3 is 0 Å². The summed E-state index contributed by atoms with van der Waals surface area (Å²) in [7, 11) is 0. The quantitative estimate of drug-likeness (QED) is 0.144. The molecule has 2 aliphatic rings. The minimum Gasteiger partial charge on any atom is -0.491 e. The topological polar surface area (TPSA) is 149 Å². The van der Waals surface area contributed by atoms with Gasteiger partial charge in [-0.05, 0) is 36.8 Å². The number of hydrogen-bond donors (Lipinski definition) is 3. The van der Waals surface area contributed by atoms with Crippen LogP contribution in [-0.2, 0) is 35.1 Å². The Morgan fingerprint density at radius 2 is 1.76 bits per heavy atom. The number of likely N-dealkylation sites (tertiary alicyclic amines) is 1. The van der Waals surface area contributed by atoms with E-state index in [1.807, 2.05) is 25.1 Å². The van der Waals surface area contributed by atoms with Gasteiger partial charge in [-0.3, -0.25) is 14.4 Å². The molecule has 1 aromatic carbocycles.